The molecule has 0 aliphatic carbocycles. The topological polar surface area (TPSA) is 23.1 Å². The first-order chi connectivity index (χ1) is 4.61. The van der Waals surface area contributed by atoms with E-state index in [2.05, 4.69) is 0 Å². The average Bonchev–Trinajstić information content (AvgIpc) is 1.82. The standard InChI is InChI=1S/C6H3F3O.Na/c7-3-1-4(8)6(10)5(9)2-3;/h1-2,10H;/q;+1/p-1. The molecular weight excluding hydrogens is 168 g/mol. The maximum Gasteiger partial charge on any atom is 1.00 e. The summed E-state index contributed by atoms with van der Waals surface area (Å²) in [7, 11) is 0. The molecule has 0 amide bonds. The van der Waals surface area contributed by atoms with Crippen molar-refractivity contribution in [2.45, 2.75) is 0 Å². The van der Waals surface area contributed by atoms with E-state index in [4.69, 9.17) is 0 Å². The zero-order valence-electron chi connectivity index (χ0n) is 5.70. The van der Waals surface area contributed by atoms with Gasteiger partial charge < -0.3 is 5.11 Å². The van der Waals surface area contributed by atoms with Gasteiger partial charge in [-0.3, -0.25) is 0 Å². The summed E-state index contributed by atoms with van der Waals surface area (Å²) < 4.78 is 36.1. The van der Waals surface area contributed by atoms with E-state index in [0.717, 1.165) is 0 Å². The Morgan fingerprint density at radius 1 is 1.00 bits per heavy atom. The van der Waals surface area contributed by atoms with Gasteiger partial charge in [0.05, 0.1) is 0 Å². The van der Waals surface area contributed by atoms with E-state index in [1.54, 1.807) is 0 Å². The molecule has 0 aromatic heterocycles. The van der Waals surface area contributed by atoms with Gasteiger partial charge in [0.2, 0.25) is 0 Å². The third-order valence-corrected chi connectivity index (χ3v) is 0.963. The molecule has 0 radical (unpaired) electrons. The van der Waals surface area contributed by atoms with Crippen molar-refractivity contribution in [1.29, 1.82) is 0 Å². The SMILES string of the molecule is [Na+].[O-]c1c(F)cc(F)cc1F. The number of hydrogen-bond donors (Lipinski definition) is 0. The van der Waals surface area contributed by atoms with Crippen LogP contribution in [0.2, 0.25) is 0 Å². The summed E-state index contributed by atoms with van der Waals surface area (Å²) in [5.41, 5.74) is 0. The van der Waals surface area contributed by atoms with Crippen LogP contribution >= 0.6 is 0 Å². The molecule has 0 aliphatic heterocycles. The fraction of sp³-hybridized carbons (Fsp3) is 0. The van der Waals surface area contributed by atoms with Gasteiger partial charge in [0.25, 0.3) is 0 Å². The van der Waals surface area contributed by atoms with E-state index in [1.165, 1.54) is 0 Å². The van der Waals surface area contributed by atoms with Crippen LogP contribution in [-0.2, 0) is 0 Å². The van der Waals surface area contributed by atoms with Gasteiger partial charge in [-0.05, 0) is 5.75 Å². The van der Waals surface area contributed by atoms with Crippen molar-refractivity contribution in [2.75, 3.05) is 0 Å². The molecule has 54 valence electrons. The number of hydrogen-bond acceptors (Lipinski definition) is 1. The molecule has 1 aromatic carbocycles. The van der Waals surface area contributed by atoms with Gasteiger partial charge in [-0.15, -0.1) is 0 Å². The first kappa shape index (κ1) is 10.8. The van der Waals surface area contributed by atoms with Crippen molar-refractivity contribution in [3.63, 3.8) is 0 Å². The maximum atomic E-state index is 12.0. The van der Waals surface area contributed by atoms with Crippen molar-refractivity contribution in [3.8, 4) is 5.75 Å². The number of rotatable bonds is 0. The van der Waals surface area contributed by atoms with Crippen LogP contribution in [0.15, 0.2) is 12.1 Å². The monoisotopic (exact) mass is 170 g/mol. The van der Waals surface area contributed by atoms with Crippen molar-refractivity contribution < 1.29 is 47.8 Å². The Hall–Kier alpha value is -0.190. The summed E-state index contributed by atoms with van der Waals surface area (Å²) in [5, 5.41) is 10.2. The van der Waals surface area contributed by atoms with Crippen LogP contribution in [-0.4, -0.2) is 0 Å². The summed E-state index contributed by atoms with van der Waals surface area (Å²) in [5.74, 6) is -5.30. The van der Waals surface area contributed by atoms with Crippen LogP contribution in [0.5, 0.6) is 5.75 Å². The predicted octanol–water partition coefficient (Wildman–Crippen LogP) is -1.82. The van der Waals surface area contributed by atoms with E-state index in [0.29, 0.717) is 12.1 Å². The minimum Gasteiger partial charge on any atom is -0.869 e. The molecule has 11 heavy (non-hydrogen) atoms. The Morgan fingerprint density at radius 2 is 1.36 bits per heavy atom. The third-order valence-electron chi connectivity index (χ3n) is 0.963. The second-order valence-electron chi connectivity index (χ2n) is 1.70. The van der Waals surface area contributed by atoms with Crippen LogP contribution in [0.4, 0.5) is 13.2 Å². The van der Waals surface area contributed by atoms with Crippen molar-refractivity contribution in [1.82, 2.24) is 0 Å². The second kappa shape index (κ2) is 3.99. The fourth-order valence-electron chi connectivity index (χ4n) is 0.529. The molecule has 0 heterocycles. The summed E-state index contributed by atoms with van der Waals surface area (Å²) >= 11 is 0. The van der Waals surface area contributed by atoms with Crippen LogP contribution in [0, 0.1) is 17.5 Å². The molecule has 0 atom stereocenters. The Bertz CT molecular complexity index is 241. The van der Waals surface area contributed by atoms with E-state index >= 15 is 0 Å². The predicted molar refractivity (Wildman–Crippen MR) is 25.8 cm³/mol. The van der Waals surface area contributed by atoms with Gasteiger partial charge in [-0.1, -0.05) is 0 Å². The largest absolute Gasteiger partial charge is 1.00 e. The van der Waals surface area contributed by atoms with Gasteiger partial charge in [-0.25, -0.2) is 13.2 Å². The zero-order valence-corrected chi connectivity index (χ0v) is 7.70. The maximum absolute atomic E-state index is 12.0. The molecule has 0 unspecified atom stereocenters. The van der Waals surface area contributed by atoms with Crippen molar-refractivity contribution >= 4 is 0 Å². The average molecular weight is 170 g/mol. The van der Waals surface area contributed by atoms with E-state index in [1.807, 2.05) is 0 Å². The molecule has 5 heteroatoms. The number of halogens is 3. The van der Waals surface area contributed by atoms with Crippen molar-refractivity contribution in [2.24, 2.45) is 0 Å². The summed E-state index contributed by atoms with van der Waals surface area (Å²) in [6.45, 7) is 0. The third kappa shape index (κ3) is 2.39. The molecular formula is C6H2F3NaO. The smallest absolute Gasteiger partial charge is 0.869 e. The summed E-state index contributed by atoms with van der Waals surface area (Å²) in [6, 6.07) is 0.677. The molecule has 1 nitrogen and oxygen atoms in total. The first-order valence-electron chi connectivity index (χ1n) is 2.43. The van der Waals surface area contributed by atoms with Gasteiger partial charge in [-0.2, -0.15) is 0 Å². The quantitative estimate of drug-likeness (QED) is 0.420. The molecule has 1 rings (SSSR count). The summed E-state index contributed by atoms with van der Waals surface area (Å²) in [4.78, 5) is 0. The molecule has 0 spiro atoms. The molecule has 0 saturated heterocycles. The van der Waals surface area contributed by atoms with E-state index in [9.17, 15) is 18.3 Å². The minimum atomic E-state index is -1.41. The van der Waals surface area contributed by atoms with Crippen molar-refractivity contribution in [3.05, 3.63) is 29.6 Å². The van der Waals surface area contributed by atoms with E-state index in [-0.39, 0.29) is 29.6 Å². The van der Waals surface area contributed by atoms with Gasteiger partial charge >= 0.3 is 29.6 Å². The molecule has 0 fully saturated rings. The molecule has 0 saturated carbocycles. The Labute approximate surface area is 83.1 Å². The first-order valence-corrected chi connectivity index (χ1v) is 2.43. The second-order valence-corrected chi connectivity index (χ2v) is 1.70. The van der Waals surface area contributed by atoms with Crippen LogP contribution < -0.4 is 34.7 Å². The zero-order chi connectivity index (χ0) is 7.72. The molecule has 0 N–H and O–H groups in total. The minimum absolute atomic E-state index is 0. The Balaban J connectivity index is 0.000001000. The Kier molecular flexibility index (Phi) is 3.92. The van der Waals surface area contributed by atoms with Gasteiger partial charge in [0.1, 0.15) is 17.5 Å². The van der Waals surface area contributed by atoms with Gasteiger partial charge in [0, 0.05) is 12.1 Å². The molecule has 0 aliphatic rings. The van der Waals surface area contributed by atoms with Crippen LogP contribution in [0.1, 0.15) is 0 Å². The number of benzene rings is 1. The Morgan fingerprint density at radius 3 is 1.73 bits per heavy atom. The van der Waals surface area contributed by atoms with E-state index < -0.39 is 23.2 Å². The van der Waals surface area contributed by atoms with Crippen LogP contribution in [0.25, 0.3) is 0 Å². The van der Waals surface area contributed by atoms with Gasteiger partial charge in [0.15, 0.2) is 0 Å². The molecule has 0 bridgehead atoms. The van der Waals surface area contributed by atoms with Crippen LogP contribution in [0.3, 0.4) is 0 Å². The normalized spacial score (nSPS) is 9.00. The molecule has 1 aromatic rings. The fourth-order valence-corrected chi connectivity index (χ4v) is 0.529. The summed E-state index contributed by atoms with van der Waals surface area (Å²) in [6.07, 6.45) is 0.